The summed E-state index contributed by atoms with van der Waals surface area (Å²) >= 11 is 3.33. The number of hydrogen-bond acceptors (Lipinski definition) is 2. The topological polar surface area (TPSA) is 36.9 Å². The quantitative estimate of drug-likeness (QED) is 0.686. The molecule has 0 atom stereocenters. The van der Waals surface area contributed by atoms with Gasteiger partial charge < -0.3 is 4.42 Å². The lowest BCUT2D eigenvalue weighted by atomic mass is 10.2. The predicted octanol–water partition coefficient (Wildman–Crippen LogP) is 3.07. The number of furan rings is 1. The van der Waals surface area contributed by atoms with Crippen molar-refractivity contribution in [3.63, 3.8) is 0 Å². The number of nitriles is 1. The first-order valence-corrected chi connectivity index (χ1v) is 4.18. The van der Waals surface area contributed by atoms with E-state index < -0.39 is 0 Å². The molecule has 0 unspecified atom stereocenters. The lowest BCUT2D eigenvalue weighted by Gasteiger charge is -1.89. The van der Waals surface area contributed by atoms with E-state index in [0.29, 0.717) is 11.1 Å². The third-order valence-electron chi connectivity index (χ3n) is 1.67. The van der Waals surface area contributed by atoms with Gasteiger partial charge in [-0.25, -0.2) is 0 Å². The fourth-order valence-corrected chi connectivity index (χ4v) is 1.52. The van der Waals surface area contributed by atoms with Crippen molar-refractivity contribution in [3.8, 4) is 6.07 Å². The van der Waals surface area contributed by atoms with E-state index in [1.807, 2.05) is 12.1 Å². The van der Waals surface area contributed by atoms with E-state index in [2.05, 4.69) is 22.0 Å². The standard InChI is InChI=1S/C9H4BrNO/c10-8-5-12-9-6(4-11)2-1-3-7(8)9/h1-3,5H. The molecule has 0 radical (unpaired) electrons. The van der Waals surface area contributed by atoms with Gasteiger partial charge in [0, 0.05) is 5.39 Å². The Hall–Kier alpha value is -1.27. The summed E-state index contributed by atoms with van der Waals surface area (Å²) in [5, 5.41) is 9.66. The Morgan fingerprint density at radius 2 is 2.25 bits per heavy atom. The second-order valence-corrected chi connectivity index (χ2v) is 3.23. The van der Waals surface area contributed by atoms with Gasteiger partial charge in [0.1, 0.15) is 12.3 Å². The van der Waals surface area contributed by atoms with Crippen molar-refractivity contribution in [2.45, 2.75) is 0 Å². The number of benzene rings is 1. The van der Waals surface area contributed by atoms with E-state index in [1.165, 1.54) is 0 Å². The summed E-state index contributed by atoms with van der Waals surface area (Å²) in [6.45, 7) is 0. The minimum absolute atomic E-state index is 0.568. The molecule has 58 valence electrons. The zero-order valence-corrected chi connectivity index (χ0v) is 7.63. The molecular weight excluding hydrogens is 218 g/mol. The molecule has 0 saturated heterocycles. The van der Waals surface area contributed by atoms with Crippen LogP contribution in [-0.2, 0) is 0 Å². The van der Waals surface area contributed by atoms with Crippen LogP contribution in [0.5, 0.6) is 0 Å². The number of fused-ring (bicyclic) bond motifs is 1. The van der Waals surface area contributed by atoms with E-state index in [-0.39, 0.29) is 0 Å². The number of hydrogen-bond donors (Lipinski definition) is 0. The summed E-state index contributed by atoms with van der Waals surface area (Å²) in [6.07, 6.45) is 1.59. The van der Waals surface area contributed by atoms with Gasteiger partial charge in [0.25, 0.3) is 0 Å². The van der Waals surface area contributed by atoms with Gasteiger partial charge in [-0.3, -0.25) is 0 Å². The van der Waals surface area contributed by atoms with Crippen molar-refractivity contribution in [1.82, 2.24) is 0 Å². The number of rotatable bonds is 0. The van der Waals surface area contributed by atoms with Crippen molar-refractivity contribution >= 4 is 26.9 Å². The SMILES string of the molecule is N#Cc1cccc2c(Br)coc12. The maximum Gasteiger partial charge on any atom is 0.152 e. The van der Waals surface area contributed by atoms with Crippen LogP contribution < -0.4 is 0 Å². The number of halogens is 1. The molecule has 3 heteroatoms. The maximum absolute atomic E-state index is 8.72. The Morgan fingerprint density at radius 3 is 3.00 bits per heavy atom. The minimum atomic E-state index is 0.568. The molecule has 0 saturated carbocycles. The van der Waals surface area contributed by atoms with Gasteiger partial charge in [0.05, 0.1) is 10.0 Å². The second-order valence-electron chi connectivity index (χ2n) is 2.38. The third kappa shape index (κ3) is 0.926. The molecule has 0 aliphatic rings. The molecule has 0 aliphatic heterocycles. The zero-order chi connectivity index (χ0) is 8.55. The van der Waals surface area contributed by atoms with Crippen LogP contribution in [0.4, 0.5) is 0 Å². The van der Waals surface area contributed by atoms with E-state index in [4.69, 9.17) is 9.68 Å². The average molecular weight is 222 g/mol. The van der Waals surface area contributed by atoms with E-state index >= 15 is 0 Å². The first-order chi connectivity index (χ1) is 5.83. The van der Waals surface area contributed by atoms with Crippen molar-refractivity contribution in [2.24, 2.45) is 0 Å². The van der Waals surface area contributed by atoms with E-state index in [0.717, 1.165) is 9.86 Å². The Labute approximate surface area is 77.5 Å². The largest absolute Gasteiger partial charge is 0.462 e. The summed E-state index contributed by atoms with van der Waals surface area (Å²) < 4.78 is 6.09. The first kappa shape index (κ1) is 7.38. The Kier molecular flexibility index (Phi) is 1.63. The average Bonchev–Trinajstić information content (AvgIpc) is 2.48. The molecule has 0 bridgehead atoms. The Morgan fingerprint density at radius 1 is 1.42 bits per heavy atom. The highest BCUT2D eigenvalue weighted by Gasteiger charge is 2.06. The van der Waals surface area contributed by atoms with Gasteiger partial charge in [-0.15, -0.1) is 0 Å². The summed E-state index contributed by atoms with van der Waals surface area (Å²) in [5.74, 6) is 0. The minimum Gasteiger partial charge on any atom is -0.462 e. The third-order valence-corrected chi connectivity index (χ3v) is 2.29. The van der Waals surface area contributed by atoms with E-state index in [9.17, 15) is 0 Å². The van der Waals surface area contributed by atoms with Crippen LogP contribution in [0.2, 0.25) is 0 Å². The lowest BCUT2D eigenvalue weighted by Crippen LogP contribution is -1.73. The van der Waals surface area contributed by atoms with Gasteiger partial charge in [-0.05, 0) is 28.1 Å². The van der Waals surface area contributed by atoms with Gasteiger partial charge in [0.2, 0.25) is 0 Å². The highest BCUT2D eigenvalue weighted by atomic mass is 79.9. The van der Waals surface area contributed by atoms with Crippen LogP contribution in [0.3, 0.4) is 0 Å². The molecule has 0 aliphatic carbocycles. The highest BCUT2D eigenvalue weighted by molar-refractivity contribution is 9.10. The molecule has 1 aromatic heterocycles. The monoisotopic (exact) mass is 221 g/mol. The van der Waals surface area contributed by atoms with Crippen LogP contribution in [-0.4, -0.2) is 0 Å². The number of nitrogens with zero attached hydrogens (tertiary/aromatic N) is 1. The van der Waals surface area contributed by atoms with Crippen molar-refractivity contribution in [3.05, 3.63) is 34.5 Å². The Balaban J connectivity index is 2.92. The zero-order valence-electron chi connectivity index (χ0n) is 6.04. The Bertz CT molecular complexity index is 467. The van der Waals surface area contributed by atoms with Crippen molar-refractivity contribution < 1.29 is 4.42 Å². The van der Waals surface area contributed by atoms with Crippen LogP contribution >= 0.6 is 15.9 Å². The molecule has 12 heavy (non-hydrogen) atoms. The van der Waals surface area contributed by atoms with Crippen LogP contribution in [0.15, 0.2) is 33.4 Å². The fraction of sp³-hybridized carbons (Fsp3) is 0. The molecule has 2 nitrogen and oxygen atoms in total. The van der Waals surface area contributed by atoms with Crippen LogP contribution in [0.1, 0.15) is 5.56 Å². The van der Waals surface area contributed by atoms with Gasteiger partial charge >= 0.3 is 0 Å². The van der Waals surface area contributed by atoms with Crippen LogP contribution in [0.25, 0.3) is 11.0 Å². The normalized spacial score (nSPS) is 10.0. The predicted molar refractivity (Wildman–Crippen MR) is 48.6 cm³/mol. The van der Waals surface area contributed by atoms with Gasteiger partial charge in [-0.2, -0.15) is 5.26 Å². The molecule has 1 heterocycles. The molecule has 0 fully saturated rings. The summed E-state index contributed by atoms with van der Waals surface area (Å²) in [5.41, 5.74) is 1.21. The molecule has 0 N–H and O–H groups in total. The van der Waals surface area contributed by atoms with Crippen molar-refractivity contribution in [1.29, 1.82) is 5.26 Å². The first-order valence-electron chi connectivity index (χ1n) is 3.39. The smallest absolute Gasteiger partial charge is 0.152 e. The van der Waals surface area contributed by atoms with Gasteiger partial charge in [0.15, 0.2) is 5.58 Å². The summed E-state index contributed by atoms with van der Waals surface area (Å²) in [7, 11) is 0. The summed E-state index contributed by atoms with van der Waals surface area (Å²) in [4.78, 5) is 0. The lowest BCUT2D eigenvalue weighted by molar-refractivity contribution is 0.613. The van der Waals surface area contributed by atoms with Crippen molar-refractivity contribution in [2.75, 3.05) is 0 Å². The van der Waals surface area contributed by atoms with Gasteiger partial charge in [-0.1, -0.05) is 6.07 Å². The van der Waals surface area contributed by atoms with E-state index in [1.54, 1.807) is 12.3 Å². The second kappa shape index (κ2) is 2.65. The maximum atomic E-state index is 8.72. The summed E-state index contributed by atoms with van der Waals surface area (Å²) in [6, 6.07) is 7.54. The molecule has 0 amide bonds. The fourth-order valence-electron chi connectivity index (χ4n) is 1.11. The molecule has 0 spiro atoms. The van der Waals surface area contributed by atoms with Crippen LogP contribution in [0, 0.1) is 11.3 Å². The molecular formula is C9H4BrNO. The molecule has 2 rings (SSSR count). The molecule has 1 aromatic carbocycles. The number of para-hydroxylation sites is 1. The highest BCUT2D eigenvalue weighted by Crippen LogP contribution is 2.27. The molecule has 2 aromatic rings.